The van der Waals surface area contributed by atoms with Crippen molar-refractivity contribution in [3.63, 3.8) is 0 Å². The largest absolute Gasteiger partial charge is 0.482 e. The molecule has 188 valence electrons. The Bertz CT molecular complexity index is 1230. The number of carbonyl (C=O) groups is 1. The molecular weight excluding hydrogens is 492 g/mol. The van der Waals surface area contributed by atoms with Crippen molar-refractivity contribution in [1.82, 2.24) is 20.2 Å². The molecule has 1 amide bonds. The quantitative estimate of drug-likeness (QED) is 0.253. The number of aromatic nitrogens is 2. The van der Waals surface area contributed by atoms with Crippen LogP contribution in [0.2, 0.25) is 10.0 Å². The van der Waals surface area contributed by atoms with E-state index >= 15 is 0 Å². The molecule has 35 heavy (non-hydrogen) atoms. The van der Waals surface area contributed by atoms with Gasteiger partial charge in [-0.2, -0.15) is 0 Å². The van der Waals surface area contributed by atoms with Gasteiger partial charge in [-0.3, -0.25) is 4.79 Å². The molecule has 0 aliphatic carbocycles. The smallest absolute Gasteiger partial charge is 0.268 e. The zero-order valence-electron chi connectivity index (χ0n) is 20.4. The number of halogens is 3. The van der Waals surface area contributed by atoms with Gasteiger partial charge in [-0.1, -0.05) is 23.2 Å². The molecule has 2 aromatic heterocycles. The van der Waals surface area contributed by atoms with Crippen molar-refractivity contribution in [3.05, 3.63) is 62.8 Å². The van der Waals surface area contributed by atoms with E-state index < -0.39 is 11.9 Å². The van der Waals surface area contributed by atoms with E-state index in [1.807, 2.05) is 27.9 Å². The van der Waals surface area contributed by atoms with Crippen LogP contribution in [0.3, 0.4) is 0 Å². The Labute approximate surface area is 214 Å². The van der Waals surface area contributed by atoms with Gasteiger partial charge in [0.05, 0.1) is 5.02 Å². The predicted octanol–water partition coefficient (Wildman–Crippen LogP) is 5.54. The number of nitrogens with one attached hydrogen (secondary N) is 2. The van der Waals surface area contributed by atoms with E-state index in [0.717, 1.165) is 35.3 Å². The number of hydrogen-bond donors (Lipinski definition) is 3. The van der Waals surface area contributed by atoms with E-state index in [-0.39, 0.29) is 21.8 Å². The molecule has 0 fully saturated rings. The van der Waals surface area contributed by atoms with Gasteiger partial charge in [0.15, 0.2) is 11.6 Å². The lowest BCUT2D eigenvalue weighted by molar-refractivity contribution is 0.0947. The van der Waals surface area contributed by atoms with E-state index in [1.165, 1.54) is 12.1 Å². The molecule has 2 heterocycles. The fourth-order valence-corrected chi connectivity index (χ4v) is 4.62. The molecule has 0 bridgehead atoms. The van der Waals surface area contributed by atoms with Gasteiger partial charge >= 0.3 is 0 Å². The number of aromatic amines is 1. The Morgan fingerprint density at radius 3 is 2.71 bits per heavy atom. The molecule has 0 spiro atoms. The maximum absolute atomic E-state index is 14.0. The number of pyridine rings is 1. The van der Waals surface area contributed by atoms with Crippen LogP contribution in [-0.4, -0.2) is 48.0 Å². The summed E-state index contributed by atoms with van der Waals surface area (Å²) in [5.74, 6) is -0.304. The highest BCUT2D eigenvalue weighted by Gasteiger charge is 2.22. The summed E-state index contributed by atoms with van der Waals surface area (Å²) in [6, 6.07) is 4.36. The first-order chi connectivity index (χ1) is 16.5. The summed E-state index contributed by atoms with van der Waals surface area (Å²) in [6.07, 6.45) is 1.78. The Morgan fingerprint density at radius 1 is 1.31 bits per heavy atom. The molecule has 4 N–H and O–H groups in total. The lowest BCUT2D eigenvalue weighted by Gasteiger charge is -2.19. The van der Waals surface area contributed by atoms with Crippen molar-refractivity contribution in [2.24, 2.45) is 0 Å². The van der Waals surface area contributed by atoms with Crippen LogP contribution >= 0.6 is 23.2 Å². The maximum Gasteiger partial charge on any atom is 0.268 e. The molecule has 0 aliphatic rings. The predicted molar refractivity (Wildman–Crippen MR) is 139 cm³/mol. The molecule has 1 aromatic carbocycles. The number of nitrogens with zero attached hydrogens (tertiary/aromatic N) is 2. The van der Waals surface area contributed by atoms with E-state index in [2.05, 4.69) is 20.2 Å². The number of aryl methyl sites for hydroxylation is 1. The Kier molecular flexibility index (Phi) is 8.64. The number of hydrogen-bond acceptors (Lipinski definition) is 5. The van der Waals surface area contributed by atoms with Gasteiger partial charge in [0, 0.05) is 40.1 Å². The van der Waals surface area contributed by atoms with Gasteiger partial charge in [0.25, 0.3) is 5.91 Å². The van der Waals surface area contributed by atoms with Crippen LogP contribution in [0.1, 0.15) is 46.8 Å². The summed E-state index contributed by atoms with van der Waals surface area (Å²) in [5.41, 5.74) is 10.0. The van der Waals surface area contributed by atoms with Crippen LogP contribution in [-0.2, 0) is 0 Å². The SMILES string of the molecule is Cc1[nH]c(C(=O)NCCCN(C)C)c(C)c1-c1cnc(N)c(OC(C)c2c(Cl)ccc(F)c2Cl)c1. The first kappa shape index (κ1) is 26.8. The van der Waals surface area contributed by atoms with Crippen LogP contribution < -0.4 is 15.8 Å². The Hall–Kier alpha value is -2.81. The monoisotopic (exact) mass is 521 g/mol. The van der Waals surface area contributed by atoms with Crippen LogP contribution in [0.25, 0.3) is 11.1 Å². The number of H-pyrrole nitrogens is 1. The van der Waals surface area contributed by atoms with Crippen molar-refractivity contribution < 1.29 is 13.9 Å². The second-order valence-electron chi connectivity index (χ2n) is 8.66. The normalized spacial score (nSPS) is 12.1. The summed E-state index contributed by atoms with van der Waals surface area (Å²) < 4.78 is 20.0. The Morgan fingerprint density at radius 2 is 2.03 bits per heavy atom. The first-order valence-corrected chi connectivity index (χ1v) is 11.9. The van der Waals surface area contributed by atoms with Gasteiger partial charge in [-0.25, -0.2) is 9.37 Å². The summed E-state index contributed by atoms with van der Waals surface area (Å²) in [5, 5.41) is 3.13. The second kappa shape index (κ2) is 11.3. The van der Waals surface area contributed by atoms with Crippen LogP contribution in [0.15, 0.2) is 24.4 Å². The van der Waals surface area contributed by atoms with Crippen molar-refractivity contribution in [1.29, 1.82) is 0 Å². The number of amides is 1. The third kappa shape index (κ3) is 6.07. The third-order valence-electron chi connectivity index (χ3n) is 5.69. The van der Waals surface area contributed by atoms with Crippen LogP contribution in [0.5, 0.6) is 5.75 Å². The highest BCUT2D eigenvalue weighted by atomic mass is 35.5. The lowest BCUT2D eigenvalue weighted by atomic mass is 10.0. The zero-order valence-corrected chi connectivity index (χ0v) is 21.9. The molecular formula is C25H30Cl2FN5O2. The first-order valence-electron chi connectivity index (χ1n) is 11.2. The number of anilines is 1. The molecule has 10 heteroatoms. The van der Waals surface area contributed by atoms with Gasteiger partial charge in [-0.15, -0.1) is 0 Å². The molecule has 0 aliphatic heterocycles. The third-order valence-corrected chi connectivity index (χ3v) is 6.41. The van der Waals surface area contributed by atoms with Crippen LogP contribution in [0.4, 0.5) is 10.2 Å². The average Bonchev–Trinajstić information content (AvgIpc) is 3.09. The van der Waals surface area contributed by atoms with E-state index in [9.17, 15) is 9.18 Å². The van der Waals surface area contributed by atoms with Gasteiger partial charge < -0.3 is 25.7 Å². The minimum atomic E-state index is -0.693. The fourth-order valence-electron chi connectivity index (χ4n) is 3.95. The van der Waals surface area contributed by atoms with E-state index in [0.29, 0.717) is 23.6 Å². The molecule has 3 rings (SSSR count). The van der Waals surface area contributed by atoms with Crippen molar-refractivity contribution in [2.45, 2.75) is 33.3 Å². The molecule has 0 saturated carbocycles. The maximum atomic E-state index is 14.0. The number of ether oxygens (including phenoxy) is 1. The van der Waals surface area contributed by atoms with Crippen molar-refractivity contribution in [3.8, 4) is 16.9 Å². The molecule has 1 atom stereocenters. The fraction of sp³-hybridized carbons (Fsp3) is 0.360. The number of nitrogens with two attached hydrogens (primary N) is 1. The zero-order chi connectivity index (χ0) is 25.9. The number of nitrogen functional groups attached to an aromatic ring is 1. The molecule has 0 radical (unpaired) electrons. The molecule has 0 saturated heterocycles. The number of carbonyl (C=O) groups excluding carboxylic acids is 1. The van der Waals surface area contributed by atoms with Gasteiger partial charge in [0.2, 0.25) is 0 Å². The van der Waals surface area contributed by atoms with Gasteiger partial charge in [0.1, 0.15) is 17.6 Å². The molecule has 1 unspecified atom stereocenters. The van der Waals surface area contributed by atoms with Gasteiger partial charge in [-0.05, 0) is 71.6 Å². The van der Waals surface area contributed by atoms with E-state index in [1.54, 1.807) is 19.2 Å². The Balaban J connectivity index is 1.86. The summed E-state index contributed by atoms with van der Waals surface area (Å²) in [6.45, 7) is 6.92. The standard InChI is InChI=1S/C25H30Cl2FN5O2/c1-13-20(14(2)32-23(13)25(34)30-9-6-10-33(4)5)16-11-19(24(29)31-12-16)35-15(3)21-17(26)7-8-18(28)22(21)27/h7-8,11-12,15,32H,6,9-10H2,1-5H3,(H2,29,31)(H,30,34). The number of benzene rings is 1. The summed E-state index contributed by atoms with van der Waals surface area (Å²) in [4.78, 5) is 22.3. The lowest BCUT2D eigenvalue weighted by Crippen LogP contribution is -2.27. The highest BCUT2D eigenvalue weighted by Crippen LogP contribution is 2.38. The van der Waals surface area contributed by atoms with Crippen LogP contribution in [0, 0.1) is 19.7 Å². The average molecular weight is 522 g/mol. The number of rotatable bonds is 9. The molecule has 7 nitrogen and oxygen atoms in total. The van der Waals surface area contributed by atoms with Crippen molar-refractivity contribution in [2.75, 3.05) is 32.9 Å². The topological polar surface area (TPSA) is 96.3 Å². The minimum absolute atomic E-state index is 0.105. The molecule has 3 aromatic rings. The van der Waals surface area contributed by atoms with Crippen molar-refractivity contribution >= 4 is 34.9 Å². The summed E-state index contributed by atoms with van der Waals surface area (Å²) >= 11 is 12.4. The summed E-state index contributed by atoms with van der Waals surface area (Å²) in [7, 11) is 3.99. The van der Waals surface area contributed by atoms with E-state index in [4.69, 9.17) is 33.7 Å². The second-order valence-corrected chi connectivity index (χ2v) is 9.45. The minimum Gasteiger partial charge on any atom is -0.482 e. The highest BCUT2D eigenvalue weighted by molar-refractivity contribution is 6.36.